The van der Waals surface area contributed by atoms with Crippen LogP contribution in [-0.2, 0) is 0 Å². The van der Waals surface area contributed by atoms with Crippen LogP contribution in [0.5, 0.6) is 23.0 Å². The average Bonchev–Trinajstić information content (AvgIpc) is 2.73. The molecule has 0 spiro atoms. The molecule has 0 unspecified atom stereocenters. The van der Waals surface area contributed by atoms with E-state index >= 15 is 0 Å². The van der Waals surface area contributed by atoms with E-state index in [1.54, 1.807) is 36.4 Å². The van der Waals surface area contributed by atoms with Crippen molar-refractivity contribution in [2.45, 2.75) is 0 Å². The molecule has 7 nitrogen and oxygen atoms in total. The first kappa shape index (κ1) is 19.0. The number of aromatic hydroxyl groups is 1. The van der Waals surface area contributed by atoms with Crippen LogP contribution in [0.3, 0.4) is 0 Å². The molecule has 3 rings (SSSR count). The Labute approximate surface area is 162 Å². The second kappa shape index (κ2) is 8.30. The minimum absolute atomic E-state index is 0.0922. The number of benzene rings is 3. The summed E-state index contributed by atoms with van der Waals surface area (Å²) < 4.78 is 15.9. The maximum atomic E-state index is 12.4. The summed E-state index contributed by atoms with van der Waals surface area (Å²) in [5.74, 6) is 0.887. The maximum absolute atomic E-state index is 12.4. The van der Waals surface area contributed by atoms with Crippen LogP contribution in [0.15, 0.2) is 53.6 Å². The third-order valence-electron chi connectivity index (χ3n) is 4.26. The molecule has 3 aromatic carbocycles. The molecule has 144 valence electrons. The number of carbonyl (C=O) groups excluding carboxylic acids is 1. The van der Waals surface area contributed by atoms with E-state index in [4.69, 9.17) is 14.2 Å². The van der Waals surface area contributed by atoms with E-state index in [-0.39, 0.29) is 11.3 Å². The lowest BCUT2D eigenvalue weighted by atomic mass is 10.1. The highest BCUT2D eigenvalue weighted by Crippen LogP contribution is 2.32. The first-order chi connectivity index (χ1) is 13.6. The summed E-state index contributed by atoms with van der Waals surface area (Å²) in [7, 11) is 4.56. The minimum atomic E-state index is -0.536. The van der Waals surface area contributed by atoms with E-state index in [2.05, 4.69) is 10.5 Å². The van der Waals surface area contributed by atoms with E-state index in [0.717, 1.165) is 5.39 Å². The van der Waals surface area contributed by atoms with Crippen molar-refractivity contribution < 1.29 is 24.1 Å². The number of nitrogens with one attached hydrogen (secondary N) is 1. The first-order valence-corrected chi connectivity index (χ1v) is 8.43. The van der Waals surface area contributed by atoms with Gasteiger partial charge in [-0.05, 0) is 11.5 Å². The molecule has 0 saturated heterocycles. The smallest absolute Gasteiger partial charge is 0.275 e. The van der Waals surface area contributed by atoms with Gasteiger partial charge in [0, 0.05) is 17.5 Å². The summed E-state index contributed by atoms with van der Waals surface area (Å²) in [5.41, 5.74) is 3.08. The van der Waals surface area contributed by atoms with Crippen LogP contribution < -0.4 is 19.6 Å². The fraction of sp³-hybridized carbons (Fsp3) is 0.143. The topological polar surface area (TPSA) is 89.4 Å². The molecule has 0 radical (unpaired) electrons. The van der Waals surface area contributed by atoms with Crippen molar-refractivity contribution in [3.8, 4) is 23.0 Å². The van der Waals surface area contributed by atoms with E-state index in [9.17, 15) is 9.90 Å². The number of phenols is 1. The number of ether oxygens (including phenoxy) is 3. The Hall–Kier alpha value is -3.74. The summed E-state index contributed by atoms with van der Waals surface area (Å²) in [4.78, 5) is 12.4. The maximum Gasteiger partial charge on any atom is 0.275 e. The van der Waals surface area contributed by atoms with E-state index in [0.29, 0.717) is 28.2 Å². The molecular weight excluding hydrogens is 360 g/mol. The lowest BCUT2D eigenvalue weighted by Crippen LogP contribution is -2.18. The van der Waals surface area contributed by atoms with Crippen molar-refractivity contribution in [3.05, 3.63) is 59.7 Å². The largest absolute Gasteiger partial charge is 0.506 e. The van der Waals surface area contributed by atoms with Gasteiger partial charge >= 0.3 is 0 Å². The van der Waals surface area contributed by atoms with Crippen molar-refractivity contribution in [1.82, 2.24) is 5.43 Å². The summed E-state index contributed by atoms with van der Waals surface area (Å²) in [6.07, 6.45) is 1.41. The summed E-state index contributed by atoms with van der Waals surface area (Å²) >= 11 is 0. The van der Waals surface area contributed by atoms with Gasteiger partial charge in [-0.15, -0.1) is 0 Å². The lowest BCUT2D eigenvalue weighted by Gasteiger charge is -2.12. The molecule has 0 aliphatic heterocycles. The molecule has 7 heteroatoms. The molecule has 0 atom stereocenters. The van der Waals surface area contributed by atoms with Gasteiger partial charge in [0.15, 0.2) is 0 Å². The number of hydrogen-bond donors (Lipinski definition) is 2. The number of amides is 1. The molecule has 0 heterocycles. The standard InChI is InChI=1S/C21H20N2O5/c1-26-14-10-18(27-2)17(19(11-14)28-3)12-22-23-21(25)16-9-8-13-6-4-5-7-15(13)20(16)24/h4-12,24H,1-3H3,(H,23,25)/b22-12-. The molecule has 0 aliphatic rings. The Bertz CT molecular complexity index is 1020. The zero-order chi connectivity index (χ0) is 20.1. The zero-order valence-corrected chi connectivity index (χ0v) is 15.7. The Balaban J connectivity index is 1.85. The highest BCUT2D eigenvalue weighted by atomic mass is 16.5. The number of rotatable bonds is 6. The van der Waals surface area contributed by atoms with Crippen molar-refractivity contribution in [2.75, 3.05) is 21.3 Å². The number of hydrazone groups is 1. The predicted octanol–water partition coefficient (Wildman–Crippen LogP) is 3.34. The van der Waals surface area contributed by atoms with Gasteiger partial charge in [0.05, 0.1) is 38.7 Å². The quantitative estimate of drug-likeness (QED) is 0.506. The Morgan fingerprint density at radius 1 is 1.00 bits per heavy atom. The average molecular weight is 380 g/mol. The molecule has 0 aromatic heterocycles. The van der Waals surface area contributed by atoms with Crippen LogP contribution in [0, 0.1) is 0 Å². The van der Waals surface area contributed by atoms with Gasteiger partial charge in [-0.1, -0.05) is 30.3 Å². The Kier molecular flexibility index (Phi) is 5.64. The van der Waals surface area contributed by atoms with E-state index in [1.165, 1.54) is 27.5 Å². The molecule has 3 aromatic rings. The second-order valence-electron chi connectivity index (χ2n) is 5.83. The van der Waals surface area contributed by atoms with Crippen LogP contribution in [0.1, 0.15) is 15.9 Å². The fourth-order valence-corrected chi connectivity index (χ4v) is 2.81. The van der Waals surface area contributed by atoms with Crippen molar-refractivity contribution >= 4 is 22.9 Å². The van der Waals surface area contributed by atoms with E-state index < -0.39 is 5.91 Å². The van der Waals surface area contributed by atoms with Crippen molar-refractivity contribution in [2.24, 2.45) is 5.10 Å². The van der Waals surface area contributed by atoms with Gasteiger partial charge in [0.1, 0.15) is 23.0 Å². The molecule has 1 amide bonds. The van der Waals surface area contributed by atoms with Crippen LogP contribution in [0.2, 0.25) is 0 Å². The lowest BCUT2D eigenvalue weighted by molar-refractivity contribution is 0.0952. The molecule has 0 bridgehead atoms. The van der Waals surface area contributed by atoms with Gasteiger partial charge < -0.3 is 19.3 Å². The summed E-state index contributed by atoms with van der Waals surface area (Å²) in [6.45, 7) is 0. The van der Waals surface area contributed by atoms with Gasteiger partial charge in [0.25, 0.3) is 5.91 Å². The third-order valence-corrected chi connectivity index (χ3v) is 4.26. The fourth-order valence-electron chi connectivity index (χ4n) is 2.81. The van der Waals surface area contributed by atoms with Gasteiger partial charge in [-0.2, -0.15) is 5.10 Å². The third kappa shape index (κ3) is 3.68. The van der Waals surface area contributed by atoms with Crippen molar-refractivity contribution in [3.63, 3.8) is 0 Å². The highest BCUT2D eigenvalue weighted by Gasteiger charge is 2.14. The SMILES string of the molecule is COc1cc(OC)c(/C=N\NC(=O)c2ccc3ccccc3c2O)c(OC)c1. The van der Waals surface area contributed by atoms with Crippen LogP contribution in [-0.4, -0.2) is 38.6 Å². The number of phenolic OH excluding ortho intramolecular Hbond substituents is 1. The zero-order valence-electron chi connectivity index (χ0n) is 15.7. The number of carbonyl (C=O) groups is 1. The molecule has 2 N–H and O–H groups in total. The van der Waals surface area contributed by atoms with Gasteiger partial charge in [-0.3, -0.25) is 4.79 Å². The predicted molar refractivity (Wildman–Crippen MR) is 107 cm³/mol. The Morgan fingerprint density at radius 3 is 2.32 bits per heavy atom. The van der Waals surface area contributed by atoms with Gasteiger partial charge in [-0.25, -0.2) is 5.43 Å². The minimum Gasteiger partial charge on any atom is -0.506 e. The molecule has 0 aliphatic carbocycles. The molecular formula is C21H20N2O5. The summed E-state index contributed by atoms with van der Waals surface area (Å²) in [6, 6.07) is 13.9. The van der Waals surface area contributed by atoms with Crippen LogP contribution in [0.25, 0.3) is 10.8 Å². The normalized spacial score (nSPS) is 10.8. The summed E-state index contributed by atoms with van der Waals surface area (Å²) in [5, 5.41) is 15.8. The number of hydrogen-bond acceptors (Lipinski definition) is 6. The van der Waals surface area contributed by atoms with Gasteiger partial charge in [0.2, 0.25) is 0 Å². The Morgan fingerprint density at radius 2 is 1.68 bits per heavy atom. The second-order valence-corrected chi connectivity index (χ2v) is 5.83. The highest BCUT2D eigenvalue weighted by molar-refractivity contribution is 6.03. The number of fused-ring (bicyclic) bond motifs is 1. The monoisotopic (exact) mass is 380 g/mol. The number of nitrogens with zero attached hydrogens (tertiary/aromatic N) is 1. The molecule has 28 heavy (non-hydrogen) atoms. The van der Waals surface area contributed by atoms with Crippen LogP contribution >= 0.6 is 0 Å². The molecule has 0 saturated carbocycles. The molecule has 0 fully saturated rings. The van der Waals surface area contributed by atoms with Crippen molar-refractivity contribution in [1.29, 1.82) is 0 Å². The van der Waals surface area contributed by atoms with Crippen LogP contribution in [0.4, 0.5) is 0 Å². The first-order valence-electron chi connectivity index (χ1n) is 8.43. The van der Waals surface area contributed by atoms with E-state index in [1.807, 2.05) is 12.1 Å². The number of methoxy groups -OCH3 is 3.